The first-order valence-electron chi connectivity index (χ1n) is 4.37. The van der Waals surface area contributed by atoms with Gasteiger partial charge in [-0.25, -0.2) is 15.0 Å². The summed E-state index contributed by atoms with van der Waals surface area (Å²) in [5, 5.41) is 8.86. The zero-order valence-corrected chi connectivity index (χ0v) is 9.23. The highest BCUT2D eigenvalue weighted by atomic mass is 32.2. The SMILES string of the molecule is Cn1cnc2nc(SCC(=O)O)nc(N)c21. The van der Waals surface area contributed by atoms with E-state index < -0.39 is 5.97 Å². The number of rotatable bonds is 3. The molecule has 3 N–H and O–H groups in total. The lowest BCUT2D eigenvalue weighted by Gasteiger charge is -2.01. The van der Waals surface area contributed by atoms with Gasteiger partial charge < -0.3 is 15.4 Å². The van der Waals surface area contributed by atoms with Gasteiger partial charge in [0.25, 0.3) is 0 Å². The van der Waals surface area contributed by atoms with E-state index in [0.717, 1.165) is 11.8 Å². The van der Waals surface area contributed by atoms with Crippen molar-refractivity contribution in [3.63, 3.8) is 0 Å². The van der Waals surface area contributed by atoms with Gasteiger partial charge in [-0.1, -0.05) is 11.8 Å². The minimum Gasteiger partial charge on any atom is -0.481 e. The van der Waals surface area contributed by atoms with Crippen molar-refractivity contribution in [3.05, 3.63) is 6.33 Å². The molecule has 84 valence electrons. The van der Waals surface area contributed by atoms with Crippen LogP contribution in [0.4, 0.5) is 5.82 Å². The molecule has 0 saturated carbocycles. The van der Waals surface area contributed by atoms with Crippen LogP contribution in [0.15, 0.2) is 11.5 Å². The average Bonchev–Trinajstić information content (AvgIpc) is 2.58. The van der Waals surface area contributed by atoms with Gasteiger partial charge in [-0.3, -0.25) is 4.79 Å². The number of fused-ring (bicyclic) bond motifs is 1. The van der Waals surface area contributed by atoms with E-state index in [1.807, 2.05) is 0 Å². The summed E-state index contributed by atoms with van der Waals surface area (Å²) in [6.45, 7) is 0. The lowest BCUT2D eigenvalue weighted by molar-refractivity contribution is -0.133. The predicted molar refractivity (Wildman–Crippen MR) is 59.1 cm³/mol. The largest absolute Gasteiger partial charge is 0.481 e. The maximum atomic E-state index is 10.4. The number of imidazole rings is 1. The third-order valence-electron chi connectivity index (χ3n) is 1.90. The van der Waals surface area contributed by atoms with Crippen LogP contribution in [0.3, 0.4) is 0 Å². The van der Waals surface area contributed by atoms with E-state index in [9.17, 15) is 4.79 Å². The molecule has 0 aliphatic rings. The van der Waals surface area contributed by atoms with Crippen molar-refractivity contribution in [1.29, 1.82) is 0 Å². The van der Waals surface area contributed by atoms with Crippen molar-refractivity contribution >= 4 is 34.7 Å². The lowest BCUT2D eigenvalue weighted by atomic mass is 10.5. The Balaban J connectivity index is 2.38. The molecule has 0 aliphatic carbocycles. The predicted octanol–water partition coefficient (Wildman–Crippen LogP) is 0.122. The Hall–Kier alpha value is -1.83. The van der Waals surface area contributed by atoms with Crippen LogP contribution in [-0.4, -0.2) is 36.3 Å². The highest BCUT2D eigenvalue weighted by molar-refractivity contribution is 7.99. The topological polar surface area (TPSA) is 107 Å². The first-order chi connectivity index (χ1) is 7.58. The van der Waals surface area contributed by atoms with Crippen LogP contribution < -0.4 is 5.73 Å². The van der Waals surface area contributed by atoms with E-state index in [1.54, 1.807) is 17.9 Å². The number of thioether (sulfide) groups is 1. The van der Waals surface area contributed by atoms with Crippen LogP contribution in [0, 0.1) is 0 Å². The molecule has 0 amide bonds. The van der Waals surface area contributed by atoms with Crippen LogP contribution in [0.5, 0.6) is 0 Å². The van der Waals surface area contributed by atoms with E-state index in [-0.39, 0.29) is 5.75 Å². The Labute approximate surface area is 94.7 Å². The number of aromatic nitrogens is 4. The van der Waals surface area contributed by atoms with Gasteiger partial charge in [0.15, 0.2) is 16.6 Å². The molecule has 0 unspecified atom stereocenters. The molecule has 0 spiro atoms. The van der Waals surface area contributed by atoms with Crippen LogP contribution in [-0.2, 0) is 11.8 Å². The number of carboxylic acid groups (broad SMARTS) is 1. The van der Waals surface area contributed by atoms with E-state index in [4.69, 9.17) is 10.8 Å². The molecule has 2 rings (SSSR count). The number of hydrogen-bond acceptors (Lipinski definition) is 6. The number of aliphatic carboxylic acids is 1. The number of nitrogen functional groups attached to an aromatic ring is 1. The fourth-order valence-corrected chi connectivity index (χ4v) is 1.82. The number of nitrogens with zero attached hydrogens (tertiary/aromatic N) is 4. The molecule has 2 heterocycles. The van der Waals surface area contributed by atoms with E-state index in [1.165, 1.54) is 0 Å². The zero-order valence-electron chi connectivity index (χ0n) is 8.41. The van der Waals surface area contributed by atoms with Crippen molar-refractivity contribution in [2.75, 3.05) is 11.5 Å². The summed E-state index contributed by atoms with van der Waals surface area (Å²) in [6.07, 6.45) is 1.58. The summed E-state index contributed by atoms with van der Waals surface area (Å²) in [5.74, 6) is -0.719. The summed E-state index contributed by atoms with van der Waals surface area (Å²) < 4.78 is 1.72. The molecular weight excluding hydrogens is 230 g/mol. The highest BCUT2D eigenvalue weighted by Gasteiger charge is 2.10. The Morgan fingerprint density at radius 3 is 3.06 bits per heavy atom. The molecule has 7 nitrogen and oxygen atoms in total. The normalized spacial score (nSPS) is 10.8. The van der Waals surface area contributed by atoms with Gasteiger partial charge in [-0.05, 0) is 0 Å². The molecule has 2 aromatic heterocycles. The zero-order chi connectivity index (χ0) is 11.7. The summed E-state index contributed by atoms with van der Waals surface area (Å²) in [4.78, 5) is 22.6. The number of anilines is 1. The first-order valence-corrected chi connectivity index (χ1v) is 5.35. The van der Waals surface area contributed by atoms with E-state index >= 15 is 0 Å². The Bertz CT molecular complexity index is 553. The van der Waals surface area contributed by atoms with Crippen molar-refractivity contribution in [2.45, 2.75) is 5.16 Å². The van der Waals surface area contributed by atoms with Gasteiger partial charge in [0.05, 0.1) is 12.1 Å². The Morgan fingerprint density at radius 1 is 1.62 bits per heavy atom. The highest BCUT2D eigenvalue weighted by Crippen LogP contribution is 2.20. The molecule has 0 atom stereocenters. The van der Waals surface area contributed by atoms with Crippen LogP contribution in [0.1, 0.15) is 0 Å². The van der Waals surface area contributed by atoms with E-state index in [0.29, 0.717) is 22.1 Å². The van der Waals surface area contributed by atoms with Gasteiger partial charge in [-0.15, -0.1) is 0 Å². The third-order valence-corrected chi connectivity index (χ3v) is 2.73. The molecule has 0 aromatic carbocycles. The van der Waals surface area contributed by atoms with Gasteiger partial charge in [0.1, 0.15) is 5.52 Å². The van der Waals surface area contributed by atoms with Gasteiger partial charge in [0, 0.05) is 7.05 Å². The molecule has 2 aromatic rings. The maximum absolute atomic E-state index is 10.4. The molecule has 0 bridgehead atoms. The van der Waals surface area contributed by atoms with Crippen molar-refractivity contribution in [2.24, 2.45) is 7.05 Å². The molecule has 0 fully saturated rings. The average molecular weight is 239 g/mol. The molecule has 0 saturated heterocycles. The molecular formula is C8H9N5O2S. The quantitative estimate of drug-likeness (QED) is 0.578. The van der Waals surface area contributed by atoms with E-state index in [2.05, 4.69) is 15.0 Å². The minimum absolute atomic E-state index is 0.0994. The number of hydrogen-bond donors (Lipinski definition) is 2. The molecule has 16 heavy (non-hydrogen) atoms. The van der Waals surface area contributed by atoms with Gasteiger partial charge >= 0.3 is 5.97 Å². The molecule has 8 heteroatoms. The van der Waals surface area contributed by atoms with Gasteiger partial charge in [-0.2, -0.15) is 0 Å². The van der Waals surface area contributed by atoms with Crippen molar-refractivity contribution in [1.82, 2.24) is 19.5 Å². The first kappa shape index (κ1) is 10.7. The Kier molecular flexibility index (Phi) is 2.65. The number of carbonyl (C=O) groups is 1. The fourth-order valence-electron chi connectivity index (χ4n) is 1.26. The van der Waals surface area contributed by atoms with Crippen molar-refractivity contribution < 1.29 is 9.90 Å². The summed E-state index contributed by atoms with van der Waals surface area (Å²) >= 11 is 1.02. The third kappa shape index (κ3) is 1.91. The van der Waals surface area contributed by atoms with Crippen LogP contribution in [0.25, 0.3) is 11.2 Å². The second kappa shape index (κ2) is 3.97. The lowest BCUT2D eigenvalue weighted by Crippen LogP contribution is -2.02. The number of carboxylic acids is 1. The minimum atomic E-state index is -0.923. The standard InChI is InChI=1S/C8H9N5O2S/c1-13-3-10-7-5(13)6(9)11-8(12-7)16-2-4(14)15/h3H,2H2,1H3,(H,14,15)(H2,9,11,12). The summed E-state index contributed by atoms with van der Waals surface area (Å²) in [7, 11) is 1.79. The second-order valence-electron chi connectivity index (χ2n) is 3.10. The number of nitrogens with two attached hydrogens (primary N) is 1. The summed E-state index contributed by atoms with van der Waals surface area (Å²) in [6, 6.07) is 0. The van der Waals surface area contributed by atoms with Gasteiger partial charge in [0.2, 0.25) is 0 Å². The molecule has 0 aliphatic heterocycles. The Morgan fingerprint density at radius 2 is 2.38 bits per heavy atom. The molecule has 0 radical (unpaired) electrons. The van der Waals surface area contributed by atoms with Crippen LogP contribution in [0.2, 0.25) is 0 Å². The smallest absolute Gasteiger partial charge is 0.313 e. The second-order valence-corrected chi connectivity index (χ2v) is 4.04. The number of aryl methyl sites for hydroxylation is 1. The monoisotopic (exact) mass is 239 g/mol. The fraction of sp³-hybridized carbons (Fsp3) is 0.250. The maximum Gasteiger partial charge on any atom is 0.313 e. The van der Waals surface area contributed by atoms with Crippen molar-refractivity contribution in [3.8, 4) is 0 Å². The van der Waals surface area contributed by atoms with Crippen LogP contribution >= 0.6 is 11.8 Å². The summed E-state index contributed by atoms with van der Waals surface area (Å²) in [5.41, 5.74) is 6.86.